The first kappa shape index (κ1) is 35.8. The Labute approximate surface area is 274 Å². The molecule has 4 rings (SSSR count). The number of unbranched alkanes of at least 4 members (excludes halogenated alkanes) is 3. The molecule has 0 fully saturated rings. The molecule has 0 unspecified atom stereocenters. The fourth-order valence-corrected chi connectivity index (χ4v) is 5.65. The summed E-state index contributed by atoms with van der Waals surface area (Å²) in [5.74, 6) is 2.29. The highest BCUT2D eigenvalue weighted by Gasteiger charge is 2.38. The summed E-state index contributed by atoms with van der Waals surface area (Å²) in [5, 5.41) is 0. The van der Waals surface area contributed by atoms with Gasteiger partial charge in [0.05, 0.1) is 19.6 Å². The van der Waals surface area contributed by atoms with Crippen LogP contribution in [0.3, 0.4) is 0 Å². The van der Waals surface area contributed by atoms with E-state index in [0.29, 0.717) is 0 Å². The molecule has 0 saturated carbocycles. The summed E-state index contributed by atoms with van der Waals surface area (Å²) in [6, 6.07) is 33.3. The van der Waals surface area contributed by atoms with Gasteiger partial charge >= 0.3 is 7.32 Å². The van der Waals surface area contributed by atoms with Crippen LogP contribution in [-0.4, -0.2) is 27.0 Å². The molecule has 45 heavy (non-hydrogen) atoms. The zero-order valence-electron chi connectivity index (χ0n) is 28.8. The Hall–Kier alpha value is -3.70. The number of hydrogen-bond acceptors (Lipinski definition) is 3. The molecule has 0 aliphatic heterocycles. The van der Waals surface area contributed by atoms with Crippen LogP contribution in [0, 0.1) is 33.8 Å². The molecular formula is C40H54BNO3. The molecular weight excluding hydrogens is 553 g/mol. The molecule has 0 radical (unpaired) electrons. The molecule has 0 N–H and O–H groups in total. The van der Waals surface area contributed by atoms with Gasteiger partial charge in [-0.1, -0.05) is 83.4 Å². The molecule has 0 aliphatic carbocycles. The molecule has 0 saturated heterocycles. The lowest BCUT2D eigenvalue weighted by atomic mass is 10.0. The second-order valence-electron chi connectivity index (χ2n) is 12.2. The Morgan fingerprint density at radius 2 is 1.11 bits per heavy atom. The lowest BCUT2D eigenvalue weighted by Gasteiger charge is -2.40. The first-order valence-corrected chi connectivity index (χ1v) is 16.8. The van der Waals surface area contributed by atoms with Crippen LogP contribution in [0.2, 0.25) is 0 Å². The van der Waals surface area contributed by atoms with Gasteiger partial charge in [0.2, 0.25) is 0 Å². The van der Waals surface area contributed by atoms with E-state index in [-0.39, 0.29) is 0 Å². The monoisotopic (exact) mass is 607 g/mol. The van der Waals surface area contributed by atoms with Crippen LogP contribution in [0.1, 0.15) is 81.5 Å². The Balaban J connectivity index is 0.000000693. The third kappa shape index (κ3) is 11.6. The zero-order valence-corrected chi connectivity index (χ0v) is 28.8. The zero-order chi connectivity index (χ0) is 32.5. The van der Waals surface area contributed by atoms with Gasteiger partial charge in [0.25, 0.3) is 0 Å². The quantitative estimate of drug-likeness (QED) is 0.0721. The maximum Gasteiger partial charge on any atom is 0.864 e. The summed E-state index contributed by atoms with van der Waals surface area (Å²) in [4.78, 5) is 0. The average Bonchev–Trinajstić information content (AvgIpc) is 3.02. The molecule has 0 aromatic heterocycles. The first-order valence-electron chi connectivity index (χ1n) is 16.8. The van der Waals surface area contributed by atoms with Crippen molar-refractivity contribution >= 4 is 13.0 Å². The third-order valence-corrected chi connectivity index (χ3v) is 8.02. The van der Waals surface area contributed by atoms with E-state index in [4.69, 9.17) is 14.0 Å². The molecule has 0 aliphatic rings. The van der Waals surface area contributed by atoms with Gasteiger partial charge in [-0.15, -0.1) is 0 Å². The van der Waals surface area contributed by atoms with Crippen molar-refractivity contribution in [3.63, 3.8) is 0 Å². The van der Waals surface area contributed by atoms with Crippen molar-refractivity contribution in [1.82, 2.24) is 4.48 Å². The number of aryl methyl sites for hydroxylation is 4. The summed E-state index contributed by atoms with van der Waals surface area (Å²) >= 11 is 0. The summed E-state index contributed by atoms with van der Waals surface area (Å²) in [5.41, 5.74) is 6.05. The molecule has 0 atom stereocenters. The molecule has 4 aromatic carbocycles. The van der Waals surface area contributed by atoms with Crippen LogP contribution in [0.4, 0.5) is 5.69 Å². The SMILES string of the molecule is CCCC[N+](CCCC)(CCCC)c1c(C)cccc1OB(Oc1cccc(C)c1)Oc1cccc(C)c1.Cc1c[c-]ccc1. The van der Waals surface area contributed by atoms with Crippen molar-refractivity contribution < 1.29 is 14.0 Å². The van der Waals surface area contributed by atoms with Crippen LogP contribution in [-0.2, 0) is 0 Å². The van der Waals surface area contributed by atoms with Crippen molar-refractivity contribution in [3.05, 3.63) is 119 Å². The van der Waals surface area contributed by atoms with Gasteiger partial charge < -0.3 is 14.0 Å². The van der Waals surface area contributed by atoms with E-state index in [0.717, 1.165) is 52.5 Å². The normalized spacial score (nSPS) is 10.9. The predicted molar refractivity (Wildman–Crippen MR) is 192 cm³/mol. The molecule has 0 spiro atoms. The van der Waals surface area contributed by atoms with Crippen LogP contribution in [0.25, 0.3) is 0 Å². The molecule has 5 heteroatoms. The standard InChI is InChI=1S/C33H47BNO3.C7H7/c1-7-10-22-35(23-11-8-2,24-12-9-3)33-29(6)18-15-21-32(33)38-34(36-30-19-13-16-27(4)25-30)37-31-20-14-17-28(5)26-31;1-7-5-3-2-4-6-7/h13-21,25-26H,7-12,22-24H2,1-6H3;2-3,5-6H,1H3/q+1;-1. The number of benzene rings is 4. The van der Waals surface area contributed by atoms with Crippen LogP contribution in [0.15, 0.2) is 91.0 Å². The molecule has 0 heterocycles. The number of nitrogens with zero attached hydrogens (tertiary/aromatic N) is 1. The van der Waals surface area contributed by atoms with Crippen molar-refractivity contribution in [1.29, 1.82) is 0 Å². The van der Waals surface area contributed by atoms with E-state index in [1.165, 1.54) is 55.3 Å². The highest BCUT2D eigenvalue weighted by atomic mass is 16.7. The number of hydrogen-bond donors (Lipinski definition) is 0. The minimum atomic E-state index is -0.926. The molecule has 0 bridgehead atoms. The Morgan fingerprint density at radius 1 is 0.600 bits per heavy atom. The van der Waals surface area contributed by atoms with Crippen molar-refractivity contribution in [2.24, 2.45) is 0 Å². The minimum absolute atomic E-state index is 0.723. The Morgan fingerprint density at radius 3 is 1.53 bits per heavy atom. The maximum atomic E-state index is 6.70. The van der Waals surface area contributed by atoms with Gasteiger partial charge in [-0.2, -0.15) is 35.9 Å². The van der Waals surface area contributed by atoms with E-state index in [2.05, 4.69) is 90.9 Å². The van der Waals surface area contributed by atoms with Crippen molar-refractivity contribution in [3.8, 4) is 17.2 Å². The highest BCUT2D eigenvalue weighted by molar-refractivity contribution is 6.39. The molecule has 4 nitrogen and oxygen atoms in total. The molecule has 240 valence electrons. The molecule has 0 amide bonds. The van der Waals surface area contributed by atoms with Crippen molar-refractivity contribution in [2.75, 3.05) is 19.6 Å². The number of para-hydroxylation sites is 1. The lowest BCUT2D eigenvalue weighted by Crippen LogP contribution is -2.52. The summed E-state index contributed by atoms with van der Waals surface area (Å²) in [6.45, 7) is 18.6. The van der Waals surface area contributed by atoms with Gasteiger partial charge in [-0.05, 0) is 81.5 Å². The fraction of sp³-hybridized carbons (Fsp3) is 0.400. The van der Waals surface area contributed by atoms with Crippen LogP contribution >= 0.6 is 0 Å². The predicted octanol–water partition coefficient (Wildman–Crippen LogP) is 10.6. The highest BCUT2D eigenvalue weighted by Crippen LogP contribution is 2.39. The topological polar surface area (TPSA) is 27.7 Å². The van der Waals surface area contributed by atoms with E-state index in [1.807, 2.05) is 54.6 Å². The Bertz CT molecular complexity index is 1340. The summed E-state index contributed by atoms with van der Waals surface area (Å²) in [6.07, 6.45) is 7.08. The second-order valence-corrected chi connectivity index (χ2v) is 12.2. The molecule has 4 aromatic rings. The second kappa shape index (κ2) is 19.0. The number of quaternary nitrogens is 1. The first-order chi connectivity index (χ1) is 21.8. The number of rotatable bonds is 16. The van der Waals surface area contributed by atoms with Gasteiger partial charge in [0, 0.05) is 5.56 Å². The van der Waals surface area contributed by atoms with E-state index < -0.39 is 7.32 Å². The van der Waals surface area contributed by atoms with E-state index in [1.54, 1.807) is 0 Å². The largest absolute Gasteiger partial charge is 0.864 e. The van der Waals surface area contributed by atoms with Gasteiger partial charge in [-0.3, -0.25) is 4.48 Å². The Kier molecular flexibility index (Phi) is 15.1. The smallest absolute Gasteiger partial charge is 0.490 e. The van der Waals surface area contributed by atoms with E-state index in [9.17, 15) is 0 Å². The van der Waals surface area contributed by atoms with Gasteiger partial charge in [0.15, 0.2) is 11.4 Å². The van der Waals surface area contributed by atoms with E-state index >= 15 is 0 Å². The van der Waals surface area contributed by atoms with Crippen LogP contribution < -0.4 is 18.4 Å². The third-order valence-electron chi connectivity index (χ3n) is 8.02. The maximum absolute atomic E-state index is 6.70. The average molecular weight is 608 g/mol. The minimum Gasteiger partial charge on any atom is -0.490 e. The summed E-state index contributed by atoms with van der Waals surface area (Å²) < 4.78 is 20.3. The lowest BCUT2D eigenvalue weighted by molar-refractivity contribution is 0.247. The fourth-order valence-electron chi connectivity index (χ4n) is 5.65. The van der Waals surface area contributed by atoms with Crippen molar-refractivity contribution in [2.45, 2.75) is 87.0 Å². The van der Waals surface area contributed by atoms with Crippen LogP contribution in [0.5, 0.6) is 17.2 Å². The van der Waals surface area contributed by atoms with Gasteiger partial charge in [0.1, 0.15) is 11.5 Å². The summed E-state index contributed by atoms with van der Waals surface area (Å²) in [7, 11) is -0.926. The van der Waals surface area contributed by atoms with Gasteiger partial charge in [-0.25, -0.2) is 0 Å².